The van der Waals surface area contributed by atoms with E-state index in [2.05, 4.69) is 58.2 Å². The van der Waals surface area contributed by atoms with Crippen molar-refractivity contribution >= 4 is 21.6 Å². The smallest absolute Gasteiger partial charge is 0.0412 e. The largest absolute Gasteiger partial charge is 0.371 e. The first-order chi connectivity index (χ1) is 10.1. The molecule has 0 aromatic heterocycles. The highest BCUT2D eigenvalue weighted by Crippen LogP contribution is 2.31. The van der Waals surface area contributed by atoms with Crippen LogP contribution in [0.15, 0.2) is 22.7 Å². The Labute approximate surface area is 137 Å². The second-order valence-electron chi connectivity index (χ2n) is 7.00. The van der Waals surface area contributed by atoms with Gasteiger partial charge in [0.1, 0.15) is 0 Å². The molecule has 0 radical (unpaired) electrons. The minimum atomic E-state index is 0.767. The Balaban J connectivity index is 1.68. The average Bonchev–Trinajstić information content (AvgIpc) is 3.29. The van der Waals surface area contributed by atoms with Crippen molar-refractivity contribution in [2.45, 2.75) is 52.1 Å². The number of hydrogen-bond acceptors (Lipinski definition) is 2. The molecule has 0 unspecified atom stereocenters. The third-order valence-corrected chi connectivity index (χ3v) is 5.52. The van der Waals surface area contributed by atoms with Gasteiger partial charge in [-0.2, -0.15) is 0 Å². The van der Waals surface area contributed by atoms with Crippen LogP contribution in [0.2, 0.25) is 0 Å². The fraction of sp³-hybridized carbons (Fsp3) is 0.667. The Morgan fingerprint density at radius 3 is 2.52 bits per heavy atom. The Kier molecular flexibility index (Phi) is 4.90. The van der Waals surface area contributed by atoms with Crippen LogP contribution in [0.1, 0.15) is 45.1 Å². The molecular weight excluding hydrogens is 324 g/mol. The summed E-state index contributed by atoms with van der Waals surface area (Å²) in [7, 11) is 0. The summed E-state index contributed by atoms with van der Waals surface area (Å²) in [6.07, 6.45) is 5.37. The van der Waals surface area contributed by atoms with Crippen LogP contribution in [0.5, 0.6) is 0 Å². The van der Waals surface area contributed by atoms with Crippen molar-refractivity contribution < 1.29 is 0 Å². The molecule has 3 rings (SSSR count). The Bertz CT molecular complexity index is 474. The molecule has 1 aliphatic heterocycles. The van der Waals surface area contributed by atoms with Gasteiger partial charge in [0.15, 0.2) is 0 Å². The molecule has 1 saturated heterocycles. The van der Waals surface area contributed by atoms with Crippen molar-refractivity contribution in [1.82, 2.24) is 5.32 Å². The zero-order valence-electron chi connectivity index (χ0n) is 13.2. The van der Waals surface area contributed by atoms with E-state index in [1.54, 1.807) is 0 Å². The van der Waals surface area contributed by atoms with Crippen molar-refractivity contribution in [2.24, 2.45) is 11.8 Å². The number of anilines is 1. The van der Waals surface area contributed by atoms with E-state index in [-0.39, 0.29) is 0 Å². The number of nitrogens with one attached hydrogen (secondary N) is 1. The SMILES string of the molecule is CC(C)C1CCN(c2ccc(Br)cc2CNC2CC2)CC1. The van der Waals surface area contributed by atoms with Crippen LogP contribution in [-0.2, 0) is 6.54 Å². The molecule has 1 aromatic carbocycles. The van der Waals surface area contributed by atoms with Gasteiger partial charge in [0, 0.05) is 35.8 Å². The molecule has 21 heavy (non-hydrogen) atoms. The number of piperidine rings is 1. The molecule has 2 aliphatic rings. The summed E-state index contributed by atoms with van der Waals surface area (Å²) in [4.78, 5) is 2.59. The van der Waals surface area contributed by atoms with Crippen LogP contribution in [0, 0.1) is 11.8 Å². The number of halogens is 1. The lowest BCUT2D eigenvalue weighted by molar-refractivity contribution is 0.311. The summed E-state index contributed by atoms with van der Waals surface area (Å²) in [5, 5.41) is 3.66. The molecule has 1 heterocycles. The minimum Gasteiger partial charge on any atom is -0.371 e. The summed E-state index contributed by atoms with van der Waals surface area (Å²) >= 11 is 3.63. The monoisotopic (exact) mass is 350 g/mol. The zero-order valence-corrected chi connectivity index (χ0v) is 14.8. The maximum Gasteiger partial charge on any atom is 0.0412 e. The molecule has 1 N–H and O–H groups in total. The molecule has 3 heteroatoms. The molecule has 1 aromatic rings. The van der Waals surface area contributed by atoms with Crippen molar-refractivity contribution in [3.8, 4) is 0 Å². The van der Waals surface area contributed by atoms with E-state index in [4.69, 9.17) is 0 Å². The van der Waals surface area contributed by atoms with E-state index in [9.17, 15) is 0 Å². The lowest BCUT2D eigenvalue weighted by Crippen LogP contribution is -2.36. The second-order valence-corrected chi connectivity index (χ2v) is 7.91. The van der Waals surface area contributed by atoms with Gasteiger partial charge in [0.2, 0.25) is 0 Å². The van der Waals surface area contributed by atoms with Gasteiger partial charge < -0.3 is 10.2 Å². The highest BCUT2D eigenvalue weighted by molar-refractivity contribution is 9.10. The van der Waals surface area contributed by atoms with Crippen molar-refractivity contribution in [3.05, 3.63) is 28.2 Å². The Morgan fingerprint density at radius 1 is 1.19 bits per heavy atom. The normalized spacial score (nSPS) is 20.3. The molecule has 1 saturated carbocycles. The van der Waals surface area contributed by atoms with Crippen LogP contribution < -0.4 is 10.2 Å². The summed E-state index contributed by atoms with van der Waals surface area (Å²) in [5.41, 5.74) is 2.88. The fourth-order valence-electron chi connectivity index (χ4n) is 3.35. The number of benzene rings is 1. The summed E-state index contributed by atoms with van der Waals surface area (Å²) in [6, 6.07) is 7.54. The molecule has 1 aliphatic carbocycles. The van der Waals surface area contributed by atoms with Crippen LogP contribution in [0.25, 0.3) is 0 Å². The highest BCUT2D eigenvalue weighted by Gasteiger charge is 2.24. The van der Waals surface area contributed by atoms with E-state index < -0.39 is 0 Å². The first-order valence-corrected chi connectivity index (χ1v) is 9.19. The predicted octanol–water partition coefficient (Wildman–Crippen LogP) is 4.57. The van der Waals surface area contributed by atoms with Crippen LogP contribution >= 0.6 is 15.9 Å². The fourth-order valence-corrected chi connectivity index (χ4v) is 3.76. The molecular formula is C18H27BrN2. The summed E-state index contributed by atoms with van der Waals surface area (Å²) in [5.74, 6) is 1.73. The molecule has 0 atom stereocenters. The third kappa shape index (κ3) is 4.01. The topological polar surface area (TPSA) is 15.3 Å². The predicted molar refractivity (Wildman–Crippen MR) is 93.8 cm³/mol. The number of rotatable bonds is 5. The lowest BCUT2D eigenvalue weighted by Gasteiger charge is -2.36. The minimum absolute atomic E-state index is 0.767. The van der Waals surface area contributed by atoms with Gasteiger partial charge in [0.25, 0.3) is 0 Å². The van der Waals surface area contributed by atoms with E-state index in [0.29, 0.717) is 0 Å². The Morgan fingerprint density at radius 2 is 1.90 bits per heavy atom. The first-order valence-electron chi connectivity index (χ1n) is 8.40. The van der Waals surface area contributed by atoms with Gasteiger partial charge >= 0.3 is 0 Å². The van der Waals surface area contributed by atoms with Crippen LogP contribution in [0.3, 0.4) is 0 Å². The zero-order chi connectivity index (χ0) is 14.8. The van der Waals surface area contributed by atoms with Gasteiger partial charge in [-0.1, -0.05) is 29.8 Å². The van der Waals surface area contributed by atoms with Crippen LogP contribution in [0.4, 0.5) is 5.69 Å². The maximum absolute atomic E-state index is 3.66. The summed E-state index contributed by atoms with van der Waals surface area (Å²) in [6.45, 7) is 8.15. The molecule has 2 nitrogen and oxygen atoms in total. The first kappa shape index (κ1) is 15.4. The summed E-state index contributed by atoms with van der Waals surface area (Å²) < 4.78 is 1.19. The Hall–Kier alpha value is -0.540. The molecule has 2 fully saturated rings. The van der Waals surface area contributed by atoms with Gasteiger partial charge in [-0.15, -0.1) is 0 Å². The number of hydrogen-bond donors (Lipinski definition) is 1. The third-order valence-electron chi connectivity index (χ3n) is 5.02. The van der Waals surface area contributed by atoms with E-state index in [0.717, 1.165) is 24.4 Å². The van der Waals surface area contributed by atoms with E-state index in [1.807, 2.05) is 0 Å². The maximum atomic E-state index is 3.66. The number of nitrogens with zero attached hydrogens (tertiary/aromatic N) is 1. The standard InChI is InChI=1S/C18H27BrN2/c1-13(2)14-7-9-21(10-8-14)18-6-3-16(19)11-15(18)12-20-17-4-5-17/h3,6,11,13-14,17,20H,4-5,7-10,12H2,1-2H3. The molecule has 0 spiro atoms. The molecule has 116 valence electrons. The van der Waals surface area contributed by atoms with E-state index in [1.165, 1.54) is 54.5 Å². The average molecular weight is 351 g/mol. The quantitative estimate of drug-likeness (QED) is 0.836. The van der Waals surface area contributed by atoms with Gasteiger partial charge in [0.05, 0.1) is 0 Å². The molecule has 0 amide bonds. The van der Waals surface area contributed by atoms with Gasteiger partial charge in [-0.3, -0.25) is 0 Å². The van der Waals surface area contributed by atoms with Crippen molar-refractivity contribution in [3.63, 3.8) is 0 Å². The van der Waals surface area contributed by atoms with Crippen molar-refractivity contribution in [1.29, 1.82) is 0 Å². The lowest BCUT2D eigenvalue weighted by atomic mass is 9.86. The second kappa shape index (κ2) is 6.70. The van der Waals surface area contributed by atoms with E-state index >= 15 is 0 Å². The van der Waals surface area contributed by atoms with Crippen LogP contribution in [-0.4, -0.2) is 19.1 Å². The highest BCUT2D eigenvalue weighted by atomic mass is 79.9. The van der Waals surface area contributed by atoms with Gasteiger partial charge in [-0.25, -0.2) is 0 Å². The molecule has 0 bridgehead atoms. The van der Waals surface area contributed by atoms with Crippen molar-refractivity contribution in [2.75, 3.05) is 18.0 Å². The van der Waals surface area contributed by atoms with Gasteiger partial charge in [-0.05, 0) is 61.3 Å².